The van der Waals surface area contributed by atoms with Gasteiger partial charge < -0.3 is 0 Å². The van der Waals surface area contributed by atoms with E-state index in [1.165, 1.54) is 28.6 Å². The molecule has 0 N–H and O–H groups in total. The standard InChI is InChI=1S/C18H18F2NP/c1-15-13-14-16(2)21(15)22(19,20,17-9-5-3-6-10-17)18-11-7-4-8-12-18/h3-14H,1-2H3. The Morgan fingerprint density at radius 1 is 0.636 bits per heavy atom. The fourth-order valence-corrected chi connectivity index (χ4v) is 6.32. The summed E-state index contributed by atoms with van der Waals surface area (Å²) >= 11 is 0. The van der Waals surface area contributed by atoms with Crippen molar-refractivity contribution in [1.82, 2.24) is 4.34 Å². The number of rotatable bonds is 3. The summed E-state index contributed by atoms with van der Waals surface area (Å²) < 4.78 is 34.2. The molecule has 1 aromatic heterocycles. The van der Waals surface area contributed by atoms with E-state index in [2.05, 4.69) is 0 Å². The second kappa shape index (κ2) is 5.03. The van der Waals surface area contributed by atoms with E-state index in [1.54, 1.807) is 62.4 Å². The summed E-state index contributed by atoms with van der Waals surface area (Å²) in [5, 5.41) is 0.171. The second-order valence-electron chi connectivity index (χ2n) is 5.46. The van der Waals surface area contributed by atoms with Gasteiger partial charge in [-0.2, -0.15) is 0 Å². The van der Waals surface area contributed by atoms with Gasteiger partial charge in [0.15, 0.2) is 0 Å². The van der Waals surface area contributed by atoms with E-state index in [-0.39, 0.29) is 10.6 Å². The molecular formula is C18H18F2NP. The molecule has 0 bridgehead atoms. The molecule has 1 nitrogen and oxygen atoms in total. The minimum absolute atomic E-state index is 0.0853. The van der Waals surface area contributed by atoms with E-state index >= 15 is 8.39 Å². The maximum absolute atomic E-state index is 16.5. The van der Waals surface area contributed by atoms with E-state index in [9.17, 15) is 0 Å². The molecule has 2 aromatic carbocycles. The number of nitrogens with zero attached hydrogens (tertiary/aromatic N) is 1. The zero-order valence-electron chi connectivity index (χ0n) is 12.6. The van der Waals surface area contributed by atoms with Crippen molar-refractivity contribution in [2.75, 3.05) is 0 Å². The first-order valence-electron chi connectivity index (χ1n) is 7.16. The summed E-state index contributed by atoms with van der Waals surface area (Å²) in [4.78, 5) is 0. The molecular weight excluding hydrogens is 299 g/mol. The Bertz CT molecular complexity index is 731. The molecule has 0 spiro atoms. The van der Waals surface area contributed by atoms with Crippen molar-refractivity contribution in [3.63, 3.8) is 0 Å². The summed E-state index contributed by atoms with van der Waals surface area (Å²) in [6.07, 6.45) is 0. The number of halogens is 2. The molecule has 0 aliphatic carbocycles. The third-order valence-electron chi connectivity index (χ3n) is 3.98. The summed E-state index contributed by atoms with van der Waals surface area (Å²) in [6, 6.07) is 19.9. The SMILES string of the molecule is Cc1ccc(C)n1P(F)(F)(c1ccccc1)c1ccccc1. The van der Waals surface area contributed by atoms with Gasteiger partial charge in [0.25, 0.3) is 0 Å². The summed E-state index contributed by atoms with van der Waals surface area (Å²) in [5.41, 5.74) is 1.15. The second-order valence-corrected chi connectivity index (χ2v) is 8.63. The summed E-state index contributed by atoms with van der Waals surface area (Å²) in [5.74, 6) is 0. The predicted octanol–water partition coefficient (Wildman–Crippen LogP) is 4.84. The molecule has 0 unspecified atom stereocenters. The summed E-state index contributed by atoms with van der Waals surface area (Å²) in [7, 11) is -5.50. The van der Waals surface area contributed by atoms with Crippen LogP contribution >= 0.6 is 7.38 Å². The number of benzene rings is 2. The quantitative estimate of drug-likeness (QED) is 0.609. The third-order valence-corrected chi connectivity index (χ3v) is 7.67. The zero-order valence-corrected chi connectivity index (χ0v) is 13.5. The Hall–Kier alpha value is -1.99. The van der Waals surface area contributed by atoms with Crippen LogP contribution in [0.3, 0.4) is 0 Å². The topological polar surface area (TPSA) is 4.93 Å². The van der Waals surface area contributed by atoms with Crippen molar-refractivity contribution in [3.8, 4) is 0 Å². The molecule has 3 rings (SSSR count). The number of aryl methyl sites for hydroxylation is 2. The van der Waals surface area contributed by atoms with Crippen molar-refractivity contribution in [1.29, 1.82) is 0 Å². The molecule has 0 saturated heterocycles. The monoisotopic (exact) mass is 317 g/mol. The molecule has 0 radical (unpaired) electrons. The molecule has 1 heterocycles. The van der Waals surface area contributed by atoms with Crippen LogP contribution in [-0.4, -0.2) is 4.34 Å². The van der Waals surface area contributed by atoms with Crippen molar-refractivity contribution in [3.05, 3.63) is 84.2 Å². The van der Waals surface area contributed by atoms with E-state index in [0.29, 0.717) is 11.4 Å². The van der Waals surface area contributed by atoms with Crippen LogP contribution < -0.4 is 10.6 Å². The van der Waals surface area contributed by atoms with Gasteiger partial charge in [0, 0.05) is 0 Å². The third kappa shape index (κ3) is 2.00. The Morgan fingerprint density at radius 2 is 1.00 bits per heavy atom. The van der Waals surface area contributed by atoms with Crippen LogP contribution in [0.25, 0.3) is 0 Å². The van der Waals surface area contributed by atoms with E-state index in [0.717, 1.165) is 0 Å². The van der Waals surface area contributed by atoms with Gasteiger partial charge in [-0.3, -0.25) is 0 Å². The van der Waals surface area contributed by atoms with E-state index < -0.39 is 7.38 Å². The van der Waals surface area contributed by atoms with Gasteiger partial charge in [0.2, 0.25) is 0 Å². The number of hydrogen-bond donors (Lipinski definition) is 0. The van der Waals surface area contributed by atoms with Crippen LogP contribution in [-0.2, 0) is 0 Å². The molecule has 0 saturated carbocycles. The average molecular weight is 317 g/mol. The molecule has 114 valence electrons. The van der Waals surface area contributed by atoms with Crippen LogP contribution in [0.4, 0.5) is 8.39 Å². The van der Waals surface area contributed by atoms with Crippen molar-refractivity contribution in [2.24, 2.45) is 0 Å². The molecule has 4 heteroatoms. The molecule has 22 heavy (non-hydrogen) atoms. The van der Waals surface area contributed by atoms with E-state index in [1.807, 2.05) is 0 Å². The first-order chi connectivity index (χ1) is 10.4. The van der Waals surface area contributed by atoms with Gasteiger partial charge >= 0.3 is 129 Å². The fraction of sp³-hybridized carbons (Fsp3) is 0.111. The van der Waals surface area contributed by atoms with Gasteiger partial charge in [-0.05, 0) is 0 Å². The van der Waals surface area contributed by atoms with Crippen LogP contribution in [0.2, 0.25) is 0 Å². The average Bonchev–Trinajstić information content (AvgIpc) is 2.89. The predicted molar refractivity (Wildman–Crippen MR) is 90.6 cm³/mol. The molecule has 0 fully saturated rings. The first-order valence-corrected chi connectivity index (χ1v) is 9.14. The first kappa shape index (κ1) is 14.9. The van der Waals surface area contributed by atoms with Crippen LogP contribution in [0.15, 0.2) is 72.8 Å². The Labute approximate surface area is 129 Å². The molecule has 0 amide bonds. The van der Waals surface area contributed by atoms with E-state index in [4.69, 9.17) is 0 Å². The fourth-order valence-electron chi connectivity index (χ4n) is 2.96. The minimum atomic E-state index is -5.50. The molecule has 0 atom stereocenters. The molecule has 3 aromatic rings. The van der Waals surface area contributed by atoms with Crippen molar-refractivity contribution in [2.45, 2.75) is 13.8 Å². The normalized spacial score (nSPS) is 13.5. The maximum atomic E-state index is 16.5. The molecule has 0 aliphatic rings. The van der Waals surface area contributed by atoms with Gasteiger partial charge in [-0.25, -0.2) is 0 Å². The Morgan fingerprint density at radius 3 is 1.36 bits per heavy atom. The number of hydrogen-bond acceptors (Lipinski definition) is 0. The van der Waals surface area contributed by atoms with Crippen LogP contribution in [0, 0.1) is 13.8 Å². The zero-order chi connectivity index (χ0) is 15.8. The van der Waals surface area contributed by atoms with Gasteiger partial charge in [0.1, 0.15) is 0 Å². The van der Waals surface area contributed by atoms with Crippen molar-refractivity contribution >= 4 is 18.0 Å². The van der Waals surface area contributed by atoms with Gasteiger partial charge in [-0.15, -0.1) is 0 Å². The van der Waals surface area contributed by atoms with Gasteiger partial charge in [0.05, 0.1) is 0 Å². The van der Waals surface area contributed by atoms with Crippen LogP contribution in [0.1, 0.15) is 11.4 Å². The summed E-state index contributed by atoms with van der Waals surface area (Å²) in [6.45, 7) is 3.47. The Kier molecular flexibility index (Phi) is 3.41. The number of aromatic nitrogens is 1. The Balaban J connectivity index is 2.43. The van der Waals surface area contributed by atoms with Gasteiger partial charge in [-0.1, -0.05) is 0 Å². The van der Waals surface area contributed by atoms with Crippen molar-refractivity contribution < 1.29 is 8.39 Å². The molecule has 0 aliphatic heterocycles. The van der Waals surface area contributed by atoms with Crippen LogP contribution in [0.5, 0.6) is 0 Å².